The lowest BCUT2D eigenvalue weighted by Gasteiger charge is -2.03. The highest BCUT2D eigenvalue weighted by molar-refractivity contribution is 6.34. The maximum atomic E-state index is 12.1. The number of nitrogens with one attached hydrogen (secondary N) is 1. The number of hydrogen-bond donors (Lipinski definition) is 1. The Kier molecular flexibility index (Phi) is 5.61. The van der Waals surface area contributed by atoms with E-state index >= 15 is 0 Å². The Morgan fingerprint density at radius 3 is 2.65 bits per heavy atom. The molecule has 1 N–H and O–H groups in total. The summed E-state index contributed by atoms with van der Waals surface area (Å²) in [6.07, 6.45) is 1.44. The average Bonchev–Trinajstić information content (AvgIpc) is 2.90. The number of hydrazone groups is 1. The van der Waals surface area contributed by atoms with Gasteiger partial charge in [0.2, 0.25) is 0 Å². The van der Waals surface area contributed by atoms with E-state index in [4.69, 9.17) is 34.8 Å². The van der Waals surface area contributed by atoms with E-state index in [0.717, 1.165) is 5.69 Å². The summed E-state index contributed by atoms with van der Waals surface area (Å²) in [6, 6.07) is 13.9. The first-order chi connectivity index (χ1) is 12.5. The van der Waals surface area contributed by atoms with Gasteiger partial charge in [0.15, 0.2) is 0 Å². The van der Waals surface area contributed by atoms with Gasteiger partial charge < -0.3 is 0 Å². The summed E-state index contributed by atoms with van der Waals surface area (Å²) in [5, 5.41) is 9.64. The molecule has 1 aromatic heterocycles. The van der Waals surface area contributed by atoms with Gasteiger partial charge >= 0.3 is 0 Å². The van der Waals surface area contributed by atoms with Gasteiger partial charge in [-0.15, -0.1) is 0 Å². The molecule has 2 aromatic carbocycles. The minimum absolute atomic E-state index is 0.337. The first kappa shape index (κ1) is 18.5. The fraction of sp³-hybridized carbons (Fsp3) is 0.0556. The van der Waals surface area contributed by atoms with E-state index in [0.29, 0.717) is 32.0 Å². The Morgan fingerprint density at radius 2 is 1.92 bits per heavy atom. The van der Waals surface area contributed by atoms with Crippen LogP contribution in [0, 0.1) is 6.92 Å². The zero-order valence-electron chi connectivity index (χ0n) is 13.6. The molecular formula is C18H13Cl3N4O. The van der Waals surface area contributed by atoms with Gasteiger partial charge in [-0.2, -0.15) is 10.2 Å². The van der Waals surface area contributed by atoms with E-state index in [9.17, 15) is 4.79 Å². The third-order valence-corrected chi connectivity index (χ3v) is 4.51. The number of benzene rings is 2. The molecule has 0 bridgehead atoms. The molecular weight excluding hydrogens is 395 g/mol. The summed E-state index contributed by atoms with van der Waals surface area (Å²) in [5.41, 5.74) is 4.74. The maximum absolute atomic E-state index is 12.1. The van der Waals surface area contributed by atoms with Crippen molar-refractivity contribution < 1.29 is 4.79 Å². The maximum Gasteiger partial charge on any atom is 0.272 e. The van der Waals surface area contributed by atoms with Crippen molar-refractivity contribution in [1.82, 2.24) is 15.2 Å². The van der Waals surface area contributed by atoms with E-state index < -0.39 is 5.91 Å². The molecule has 132 valence electrons. The second-order valence-corrected chi connectivity index (χ2v) is 6.56. The SMILES string of the molecule is Cc1nn(-c2cccc(Cl)c2)c(Cl)c1C=NNC(=O)c1ccccc1Cl. The van der Waals surface area contributed by atoms with Gasteiger partial charge in [-0.3, -0.25) is 4.79 Å². The highest BCUT2D eigenvalue weighted by atomic mass is 35.5. The second-order valence-electron chi connectivity index (χ2n) is 5.36. The molecule has 0 fully saturated rings. The lowest BCUT2D eigenvalue weighted by atomic mass is 10.2. The number of carbonyl (C=O) groups is 1. The van der Waals surface area contributed by atoms with E-state index in [2.05, 4.69) is 15.6 Å². The van der Waals surface area contributed by atoms with Gasteiger partial charge in [-0.05, 0) is 37.3 Å². The van der Waals surface area contributed by atoms with Gasteiger partial charge in [-0.1, -0.05) is 53.0 Å². The van der Waals surface area contributed by atoms with Crippen molar-refractivity contribution >= 4 is 46.9 Å². The van der Waals surface area contributed by atoms with Crippen LogP contribution in [-0.4, -0.2) is 21.9 Å². The van der Waals surface area contributed by atoms with Crippen LogP contribution in [0.2, 0.25) is 15.2 Å². The number of halogens is 3. The number of aryl methyl sites for hydroxylation is 1. The summed E-state index contributed by atoms with van der Waals surface area (Å²) in [6.45, 7) is 1.80. The number of rotatable bonds is 4. The van der Waals surface area contributed by atoms with E-state index in [1.165, 1.54) is 6.21 Å². The third-order valence-electron chi connectivity index (χ3n) is 3.58. The van der Waals surface area contributed by atoms with Gasteiger partial charge in [0.25, 0.3) is 5.91 Å². The van der Waals surface area contributed by atoms with E-state index in [-0.39, 0.29) is 0 Å². The summed E-state index contributed by atoms with van der Waals surface area (Å²) in [7, 11) is 0. The standard InChI is InChI=1S/C18H13Cl3N4O/c1-11-15(10-22-23-18(26)14-7-2-3-8-16(14)20)17(21)25(24-11)13-6-4-5-12(19)9-13/h2-10H,1H3,(H,23,26). The Hall–Kier alpha value is -2.34. The number of amides is 1. The number of aromatic nitrogens is 2. The Morgan fingerprint density at radius 1 is 1.15 bits per heavy atom. The molecule has 0 aliphatic rings. The molecule has 0 spiro atoms. The molecule has 0 radical (unpaired) electrons. The van der Waals surface area contributed by atoms with Crippen molar-refractivity contribution in [3.63, 3.8) is 0 Å². The van der Waals surface area contributed by atoms with Crippen LogP contribution in [-0.2, 0) is 0 Å². The normalized spacial score (nSPS) is 11.1. The molecule has 0 saturated carbocycles. The quantitative estimate of drug-likeness (QED) is 0.494. The number of carbonyl (C=O) groups excluding carboxylic acids is 1. The van der Waals surface area contributed by atoms with Crippen molar-refractivity contribution in [3.05, 3.63) is 80.6 Å². The van der Waals surface area contributed by atoms with Crippen LogP contribution in [0.15, 0.2) is 53.6 Å². The zero-order valence-corrected chi connectivity index (χ0v) is 15.8. The first-order valence-electron chi connectivity index (χ1n) is 7.56. The second kappa shape index (κ2) is 7.91. The molecule has 0 aliphatic carbocycles. The predicted molar refractivity (Wildman–Crippen MR) is 105 cm³/mol. The average molecular weight is 408 g/mol. The number of hydrogen-bond acceptors (Lipinski definition) is 3. The predicted octanol–water partition coefficient (Wildman–Crippen LogP) is 4.90. The van der Waals surface area contributed by atoms with E-state index in [1.807, 2.05) is 12.1 Å². The lowest BCUT2D eigenvalue weighted by Crippen LogP contribution is -2.18. The van der Waals surface area contributed by atoms with Gasteiger partial charge in [0, 0.05) is 5.02 Å². The van der Waals surface area contributed by atoms with Gasteiger partial charge in [-0.25, -0.2) is 10.1 Å². The summed E-state index contributed by atoms with van der Waals surface area (Å²) in [4.78, 5) is 12.1. The number of nitrogens with zero attached hydrogens (tertiary/aromatic N) is 3. The Labute approximate surface area is 165 Å². The highest BCUT2D eigenvalue weighted by Crippen LogP contribution is 2.23. The van der Waals surface area contributed by atoms with Crippen LogP contribution < -0.4 is 5.43 Å². The van der Waals surface area contributed by atoms with Crippen LogP contribution >= 0.6 is 34.8 Å². The Balaban J connectivity index is 1.81. The van der Waals surface area contributed by atoms with Crippen molar-refractivity contribution in [2.45, 2.75) is 6.92 Å². The van der Waals surface area contributed by atoms with Crippen molar-refractivity contribution in [2.24, 2.45) is 5.10 Å². The van der Waals surface area contributed by atoms with Crippen molar-refractivity contribution in [3.8, 4) is 5.69 Å². The minimum atomic E-state index is -0.414. The van der Waals surface area contributed by atoms with Gasteiger partial charge in [0.05, 0.1) is 33.7 Å². The van der Waals surface area contributed by atoms with Crippen molar-refractivity contribution in [1.29, 1.82) is 0 Å². The van der Waals surface area contributed by atoms with Crippen LogP contribution in [0.5, 0.6) is 0 Å². The third kappa shape index (κ3) is 3.90. The monoisotopic (exact) mass is 406 g/mol. The molecule has 0 saturated heterocycles. The summed E-state index contributed by atoms with van der Waals surface area (Å²) >= 11 is 18.4. The topological polar surface area (TPSA) is 59.3 Å². The molecule has 1 heterocycles. The fourth-order valence-electron chi connectivity index (χ4n) is 2.30. The first-order valence-corrected chi connectivity index (χ1v) is 8.69. The zero-order chi connectivity index (χ0) is 18.7. The largest absolute Gasteiger partial charge is 0.272 e. The molecule has 0 unspecified atom stereocenters. The minimum Gasteiger partial charge on any atom is -0.267 e. The smallest absolute Gasteiger partial charge is 0.267 e. The van der Waals surface area contributed by atoms with Crippen LogP contribution in [0.3, 0.4) is 0 Å². The molecule has 1 amide bonds. The molecule has 0 aliphatic heterocycles. The lowest BCUT2D eigenvalue weighted by molar-refractivity contribution is 0.0955. The molecule has 5 nitrogen and oxygen atoms in total. The fourth-order valence-corrected chi connectivity index (χ4v) is 3.02. The highest BCUT2D eigenvalue weighted by Gasteiger charge is 2.14. The Bertz CT molecular complexity index is 998. The summed E-state index contributed by atoms with van der Waals surface area (Å²) < 4.78 is 1.56. The van der Waals surface area contributed by atoms with Crippen LogP contribution in [0.25, 0.3) is 5.69 Å². The van der Waals surface area contributed by atoms with Crippen LogP contribution in [0.1, 0.15) is 21.6 Å². The van der Waals surface area contributed by atoms with E-state index in [1.54, 1.807) is 48.0 Å². The molecule has 3 rings (SSSR count). The van der Waals surface area contributed by atoms with Gasteiger partial charge in [0.1, 0.15) is 5.15 Å². The summed E-state index contributed by atoms with van der Waals surface area (Å²) in [5.74, 6) is -0.414. The molecule has 3 aromatic rings. The van der Waals surface area contributed by atoms with Crippen LogP contribution in [0.4, 0.5) is 0 Å². The molecule has 26 heavy (non-hydrogen) atoms. The molecule has 0 atom stereocenters. The molecule has 8 heteroatoms. The van der Waals surface area contributed by atoms with Crippen molar-refractivity contribution in [2.75, 3.05) is 0 Å².